The molecule has 0 atom stereocenters. The highest BCUT2D eigenvalue weighted by molar-refractivity contribution is 14.1. The van der Waals surface area contributed by atoms with E-state index in [-0.39, 0.29) is 5.69 Å². The number of esters is 1. The average Bonchev–Trinajstić information content (AvgIpc) is 2.32. The molecule has 0 amide bonds. The minimum absolute atomic E-state index is 0.241. The molecule has 1 rings (SSSR count). The molecule has 0 aliphatic heterocycles. The number of hydrogen-bond donors (Lipinski definition) is 0. The number of aromatic nitrogens is 1. The maximum absolute atomic E-state index is 10.9. The standard InChI is InChI=1S/C6H6INO3/c1-3-4(7)5(8-11-3)6(9)10-2/h1-2H3. The number of carbonyl (C=O) groups excluding carboxylic acids is 1. The van der Waals surface area contributed by atoms with Crippen molar-refractivity contribution < 1.29 is 14.1 Å². The van der Waals surface area contributed by atoms with Crippen molar-refractivity contribution in [2.45, 2.75) is 6.92 Å². The monoisotopic (exact) mass is 267 g/mol. The van der Waals surface area contributed by atoms with Gasteiger partial charge in [0.25, 0.3) is 0 Å². The van der Waals surface area contributed by atoms with Crippen molar-refractivity contribution in [3.63, 3.8) is 0 Å². The van der Waals surface area contributed by atoms with Gasteiger partial charge in [0.05, 0.1) is 10.7 Å². The number of nitrogens with zero attached hydrogens (tertiary/aromatic N) is 1. The predicted octanol–water partition coefficient (Wildman–Crippen LogP) is 1.37. The topological polar surface area (TPSA) is 52.3 Å². The summed E-state index contributed by atoms with van der Waals surface area (Å²) in [5.74, 6) is 0.164. The molecule has 11 heavy (non-hydrogen) atoms. The quantitative estimate of drug-likeness (QED) is 0.569. The minimum Gasteiger partial charge on any atom is -0.464 e. The van der Waals surface area contributed by atoms with E-state index in [0.717, 1.165) is 0 Å². The maximum Gasteiger partial charge on any atom is 0.361 e. The summed E-state index contributed by atoms with van der Waals surface area (Å²) in [4.78, 5) is 10.9. The Morgan fingerprint density at radius 1 is 1.73 bits per heavy atom. The van der Waals surface area contributed by atoms with Gasteiger partial charge in [-0.1, -0.05) is 5.16 Å². The Bertz CT molecular complexity index is 281. The Morgan fingerprint density at radius 3 is 2.73 bits per heavy atom. The van der Waals surface area contributed by atoms with Crippen LogP contribution < -0.4 is 0 Å². The third kappa shape index (κ3) is 1.52. The van der Waals surface area contributed by atoms with Gasteiger partial charge in [-0.3, -0.25) is 0 Å². The summed E-state index contributed by atoms with van der Waals surface area (Å²) in [6.07, 6.45) is 0. The van der Waals surface area contributed by atoms with E-state index in [9.17, 15) is 4.79 Å². The van der Waals surface area contributed by atoms with Gasteiger partial charge >= 0.3 is 5.97 Å². The number of ether oxygens (including phenoxy) is 1. The van der Waals surface area contributed by atoms with Crippen LogP contribution in [-0.2, 0) is 4.74 Å². The third-order valence-corrected chi connectivity index (χ3v) is 2.44. The molecule has 60 valence electrons. The Labute approximate surface area is 77.0 Å². The van der Waals surface area contributed by atoms with E-state index >= 15 is 0 Å². The zero-order chi connectivity index (χ0) is 8.43. The summed E-state index contributed by atoms with van der Waals surface area (Å²) in [5, 5.41) is 3.53. The number of carbonyl (C=O) groups is 1. The van der Waals surface area contributed by atoms with Gasteiger partial charge in [0, 0.05) is 0 Å². The van der Waals surface area contributed by atoms with Crippen LogP contribution in [0.15, 0.2) is 4.52 Å². The summed E-state index contributed by atoms with van der Waals surface area (Å²) >= 11 is 1.98. The Morgan fingerprint density at radius 2 is 2.36 bits per heavy atom. The molecule has 1 aromatic heterocycles. The van der Waals surface area contributed by atoms with Crippen molar-refractivity contribution in [2.24, 2.45) is 0 Å². The smallest absolute Gasteiger partial charge is 0.361 e. The second kappa shape index (κ2) is 3.21. The lowest BCUT2D eigenvalue weighted by atomic mass is 10.4. The first-order valence-electron chi connectivity index (χ1n) is 2.87. The zero-order valence-electron chi connectivity index (χ0n) is 6.05. The van der Waals surface area contributed by atoms with Crippen LogP contribution in [0.4, 0.5) is 0 Å². The van der Waals surface area contributed by atoms with Crippen molar-refractivity contribution in [1.82, 2.24) is 5.16 Å². The summed E-state index contributed by atoms with van der Waals surface area (Å²) in [6.45, 7) is 1.74. The molecule has 5 heteroatoms. The summed E-state index contributed by atoms with van der Waals surface area (Å²) < 4.78 is 9.93. The highest BCUT2D eigenvalue weighted by Gasteiger charge is 2.17. The van der Waals surface area contributed by atoms with Gasteiger partial charge in [-0.15, -0.1) is 0 Å². The molecule has 0 radical (unpaired) electrons. The van der Waals surface area contributed by atoms with Crippen LogP contribution in [0.3, 0.4) is 0 Å². The normalized spacial score (nSPS) is 9.73. The van der Waals surface area contributed by atoms with E-state index in [1.54, 1.807) is 6.92 Å². The van der Waals surface area contributed by atoms with E-state index in [4.69, 9.17) is 4.52 Å². The van der Waals surface area contributed by atoms with Gasteiger partial charge in [0.2, 0.25) is 5.69 Å². The minimum atomic E-state index is -0.466. The molecule has 0 spiro atoms. The fourth-order valence-corrected chi connectivity index (χ4v) is 1.00. The first-order valence-corrected chi connectivity index (χ1v) is 3.94. The Hall–Kier alpha value is -0.590. The van der Waals surface area contributed by atoms with Crippen molar-refractivity contribution in [3.05, 3.63) is 15.0 Å². The number of hydrogen-bond acceptors (Lipinski definition) is 4. The Kier molecular flexibility index (Phi) is 2.48. The van der Waals surface area contributed by atoms with Crippen LogP contribution in [0, 0.1) is 10.5 Å². The molecule has 1 aromatic rings. The molecule has 4 nitrogen and oxygen atoms in total. The van der Waals surface area contributed by atoms with Crippen molar-refractivity contribution in [1.29, 1.82) is 0 Å². The van der Waals surface area contributed by atoms with Crippen LogP contribution in [0.25, 0.3) is 0 Å². The zero-order valence-corrected chi connectivity index (χ0v) is 8.21. The summed E-state index contributed by atoms with van der Waals surface area (Å²) in [7, 11) is 1.31. The van der Waals surface area contributed by atoms with Gasteiger partial charge in [-0.25, -0.2) is 4.79 Å². The van der Waals surface area contributed by atoms with E-state index in [0.29, 0.717) is 9.33 Å². The molecular weight excluding hydrogens is 261 g/mol. The number of halogens is 1. The van der Waals surface area contributed by atoms with Gasteiger partial charge < -0.3 is 9.26 Å². The van der Waals surface area contributed by atoms with Crippen molar-refractivity contribution in [2.75, 3.05) is 7.11 Å². The number of methoxy groups -OCH3 is 1. The fraction of sp³-hybridized carbons (Fsp3) is 0.333. The second-order valence-electron chi connectivity index (χ2n) is 1.89. The summed E-state index contributed by atoms with van der Waals surface area (Å²) in [6, 6.07) is 0. The third-order valence-electron chi connectivity index (χ3n) is 1.17. The molecule has 1 heterocycles. The highest BCUT2D eigenvalue weighted by atomic mass is 127. The molecule has 0 saturated carbocycles. The molecule has 0 aliphatic carbocycles. The van der Waals surface area contributed by atoms with Gasteiger partial charge in [0.1, 0.15) is 5.76 Å². The van der Waals surface area contributed by atoms with Crippen molar-refractivity contribution in [3.8, 4) is 0 Å². The molecule has 0 N–H and O–H groups in total. The predicted molar refractivity (Wildman–Crippen MR) is 45.3 cm³/mol. The van der Waals surface area contributed by atoms with E-state index in [1.165, 1.54) is 7.11 Å². The lowest BCUT2D eigenvalue weighted by Gasteiger charge is -1.91. The lowest BCUT2D eigenvalue weighted by Crippen LogP contribution is -2.03. The molecule has 0 saturated heterocycles. The lowest BCUT2D eigenvalue weighted by molar-refractivity contribution is 0.0588. The van der Waals surface area contributed by atoms with E-state index in [2.05, 4.69) is 9.89 Å². The molecular formula is C6H6INO3. The average molecular weight is 267 g/mol. The molecule has 0 aromatic carbocycles. The largest absolute Gasteiger partial charge is 0.464 e. The van der Waals surface area contributed by atoms with Crippen molar-refractivity contribution >= 4 is 28.6 Å². The SMILES string of the molecule is COC(=O)c1noc(C)c1I. The molecule has 0 unspecified atom stereocenters. The molecule has 0 aliphatic rings. The number of rotatable bonds is 1. The molecule has 0 bridgehead atoms. The van der Waals surface area contributed by atoms with Crippen LogP contribution in [0.5, 0.6) is 0 Å². The Balaban J connectivity index is 3.04. The van der Waals surface area contributed by atoms with Crippen LogP contribution in [0.2, 0.25) is 0 Å². The second-order valence-corrected chi connectivity index (χ2v) is 2.97. The summed E-state index contributed by atoms with van der Waals surface area (Å²) in [5.41, 5.74) is 0.241. The first-order chi connectivity index (χ1) is 5.16. The fourth-order valence-electron chi connectivity index (χ4n) is 0.585. The van der Waals surface area contributed by atoms with Crippen LogP contribution in [0.1, 0.15) is 16.2 Å². The van der Waals surface area contributed by atoms with Gasteiger partial charge in [-0.2, -0.15) is 0 Å². The van der Waals surface area contributed by atoms with Gasteiger partial charge in [0.15, 0.2) is 0 Å². The van der Waals surface area contributed by atoms with Crippen LogP contribution in [-0.4, -0.2) is 18.2 Å². The van der Waals surface area contributed by atoms with E-state index < -0.39 is 5.97 Å². The highest BCUT2D eigenvalue weighted by Crippen LogP contribution is 2.15. The molecule has 0 fully saturated rings. The van der Waals surface area contributed by atoms with E-state index in [1.807, 2.05) is 22.6 Å². The first kappa shape index (κ1) is 8.51. The van der Waals surface area contributed by atoms with Gasteiger partial charge in [-0.05, 0) is 29.5 Å². The van der Waals surface area contributed by atoms with Crippen LogP contribution >= 0.6 is 22.6 Å². The maximum atomic E-state index is 10.9. The number of aryl methyl sites for hydroxylation is 1.